The van der Waals surface area contributed by atoms with Gasteiger partial charge in [0.2, 0.25) is 0 Å². The summed E-state index contributed by atoms with van der Waals surface area (Å²) < 4.78 is 14.6. The Hall–Kier alpha value is -2.63. The highest BCUT2D eigenvalue weighted by Crippen LogP contribution is 2.45. The first-order chi connectivity index (χ1) is 13.0. The second-order valence-corrected chi connectivity index (χ2v) is 9.99. The van der Waals surface area contributed by atoms with E-state index in [1.165, 1.54) is 27.8 Å². The molecule has 0 N–H and O–H groups in total. The van der Waals surface area contributed by atoms with Gasteiger partial charge in [-0.1, -0.05) is 78.4 Å². The van der Waals surface area contributed by atoms with Gasteiger partial charge in [0, 0.05) is 15.9 Å². The van der Waals surface area contributed by atoms with Crippen molar-refractivity contribution in [2.45, 2.75) is 20.8 Å². The van der Waals surface area contributed by atoms with Gasteiger partial charge in [-0.05, 0) is 55.2 Å². The van der Waals surface area contributed by atoms with Crippen LogP contribution in [0, 0.1) is 20.8 Å². The standard InChI is InChI=1S/C25H23OP/c1-18-14-19(2)24-16-23(17-25(24)20(3)15-18)27(26,21-10-6-4-7-11-21)22-12-8-5-9-13-22/h4-17H,1-3H3. The fourth-order valence-electron chi connectivity index (χ4n) is 3.93. The number of aryl methyl sites for hydroxylation is 3. The highest BCUT2D eigenvalue weighted by Gasteiger charge is 2.31. The molecule has 4 rings (SSSR count). The molecule has 0 unspecified atom stereocenters. The van der Waals surface area contributed by atoms with Gasteiger partial charge in [-0.15, -0.1) is 0 Å². The number of benzene rings is 2. The van der Waals surface area contributed by atoms with E-state index in [-0.39, 0.29) is 0 Å². The van der Waals surface area contributed by atoms with Crippen LogP contribution in [0.4, 0.5) is 0 Å². The molecular weight excluding hydrogens is 347 g/mol. The summed E-state index contributed by atoms with van der Waals surface area (Å²) >= 11 is 0. The summed E-state index contributed by atoms with van der Waals surface area (Å²) in [5.41, 5.74) is 6.05. The van der Waals surface area contributed by atoms with Crippen LogP contribution in [0.1, 0.15) is 16.7 Å². The summed E-state index contributed by atoms with van der Waals surface area (Å²) in [6.07, 6.45) is 0. The van der Waals surface area contributed by atoms with Gasteiger partial charge in [0.25, 0.3) is 0 Å². The van der Waals surface area contributed by atoms with Crippen LogP contribution in [0.3, 0.4) is 0 Å². The maximum Gasteiger partial charge on any atom is 0.171 e. The lowest BCUT2D eigenvalue weighted by atomic mass is 10.1. The molecule has 134 valence electrons. The molecule has 0 bridgehead atoms. The first-order valence-electron chi connectivity index (χ1n) is 9.23. The van der Waals surface area contributed by atoms with Crippen molar-refractivity contribution < 1.29 is 4.57 Å². The summed E-state index contributed by atoms with van der Waals surface area (Å²) in [5.74, 6) is 0. The Morgan fingerprint density at radius 3 is 1.37 bits per heavy atom. The Labute approximate surface area is 161 Å². The van der Waals surface area contributed by atoms with E-state index in [1.807, 2.05) is 60.7 Å². The molecule has 1 nitrogen and oxygen atoms in total. The summed E-state index contributed by atoms with van der Waals surface area (Å²) in [6, 6.07) is 28.4. The summed E-state index contributed by atoms with van der Waals surface area (Å²) in [5, 5.41) is 2.66. The fourth-order valence-corrected chi connectivity index (χ4v) is 6.63. The van der Waals surface area contributed by atoms with E-state index in [0.29, 0.717) is 0 Å². The van der Waals surface area contributed by atoms with Gasteiger partial charge in [-0.2, -0.15) is 0 Å². The van der Waals surface area contributed by atoms with Crippen molar-refractivity contribution in [1.29, 1.82) is 0 Å². The molecule has 0 heterocycles. The van der Waals surface area contributed by atoms with Crippen molar-refractivity contribution in [2.24, 2.45) is 0 Å². The van der Waals surface area contributed by atoms with E-state index in [0.717, 1.165) is 15.9 Å². The van der Waals surface area contributed by atoms with E-state index >= 15 is 0 Å². The molecule has 0 saturated heterocycles. The zero-order chi connectivity index (χ0) is 19.0. The van der Waals surface area contributed by atoms with E-state index in [1.54, 1.807) is 0 Å². The third-order valence-electron chi connectivity index (χ3n) is 5.22. The smallest absolute Gasteiger partial charge is 0.171 e. The molecule has 0 radical (unpaired) electrons. The van der Waals surface area contributed by atoms with E-state index in [4.69, 9.17) is 0 Å². The zero-order valence-electron chi connectivity index (χ0n) is 15.9. The first kappa shape index (κ1) is 17.8. The number of hydrogen-bond acceptors (Lipinski definition) is 1. The monoisotopic (exact) mass is 370 g/mol. The molecule has 2 aromatic carbocycles. The quantitative estimate of drug-likeness (QED) is 0.444. The molecule has 0 atom stereocenters. The highest BCUT2D eigenvalue weighted by molar-refractivity contribution is 7.85. The third-order valence-corrected chi connectivity index (χ3v) is 8.25. The van der Waals surface area contributed by atoms with Crippen LogP contribution in [0.5, 0.6) is 0 Å². The predicted octanol–water partition coefficient (Wildman–Crippen LogP) is 5.36. The van der Waals surface area contributed by atoms with Crippen molar-refractivity contribution in [1.82, 2.24) is 0 Å². The normalized spacial score (nSPS) is 11.7. The first-order valence-corrected chi connectivity index (χ1v) is 10.9. The number of hydrogen-bond donors (Lipinski definition) is 0. The Morgan fingerprint density at radius 1 is 0.556 bits per heavy atom. The lowest BCUT2D eigenvalue weighted by Crippen LogP contribution is -2.23. The van der Waals surface area contributed by atoms with Crippen LogP contribution in [-0.4, -0.2) is 0 Å². The van der Waals surface area contributed by atoms with Gasteiger partial charge < -0.3 is 4.57 Å². The second kappa shape index (κ2) is 6.83. The Morgan fingerprint density at radius 2 is 0.963 bits per heavy atom. The molecule has 2 aliphatic rings. The molecule has 2 aliphatic carbocycles. The molecule has 27 heavy (non-hydrogen) atoms. The minimum Gasteiger partial charge on any atom is -0.309 e. The third kappa shape index (κ3) is 3.03. The highest BCUT2D eigenvalue weighted by atomic mass is 31.2. The summed E-state index contributed by atoms with van der Waals surface area (Å²) in [7, 11) is -2.92. The molecule has 0 fully saturated rings. The topological polar surface area (TPSA) is 17.1 Å². The van der Waals surface area contributed by atoms with Crippen LogP contribution in [-0.2, 0) is 4.57 Å². The molecule has 0 aliphatic heterocycles. The Balaban J connectivity index is 2.05. The van der Waals surface area contributed by atoms with E-state index in [9.17, 15) is 4.57 Å². The molecular formula is C25H23OP. The van der Waals surface area contributed by atoms with Crippen molar-refractivity contribution in [2.75, 3.05) is 0 Å². The Kier molecular flexibility index (Phi) is 4.50. The average Bonchev–Trinajstić information content (AvgIpc) is 3.11. The van der Waals surface area contributed by atoms with Crippen LogP contribution < -0.4 is 15.9 Å². The largest absolute Gasteiger partial charge is 0.309 e. The maximum absolute atomic E-state index is 14.6. The molecule has 2 heteroatoms. The minimum atomic E-state index is -2.92. The van der Waals surface area contributed by atoms with Gasteiger partial charge in [0.05, 0.1) is 0 Å². The SMILES string of the molecule is Cc1cc(C)c2cc(P(=O)(c3ccccc3)c3ccccc3)cc-2c(C)c1. The van der Waals surface area contributed by atoms with Crippen molar-refractivity contribution in [3.05, 3.63) is 102 Å². The molecule has 0 amide bonds. The van der Waals surface area contributed by atoms with Gasteiger partial charge >= 0.3 is 0 Å². The van der Waals surface area contributed by atoms with Gasteiger partial charge in [0.15, 0.2) is 7.14 Å². The fraction of sp³-hybridized carbons (Fsp3) is 0.120. The van der Waals surface area contributed by atoms with Crippen LogP contribution in [0.15, 0.2) is 84.9 Å². The molecule has 2 aromatic rings. The number of fused-ring (bicyclic) bond motifs is 1. The predicted molar refractivity (Wildman–Crippen MR) is 117 cm³/mol. The minimum absolute atomic E-state index is 0.877. The molecule has 0 saturated carbocycles. The number of rotatable bonds is 3. The van der Waals surface area contributed by atoms with Crippen LogP contribution in [0.2, 0.25) is 0 Å². The lowest BCUT2D eigenvalue weighted by Gasteiger charge is -2.18. The van der Waals surface area contributed by atoms with E-state index in [2.05, 4.69) is 45.0 Å². The zero-order valence-corrected chi connectivity index (χ0v) is 16.8. The van der Waals surface area contributed by atoms with E-state index < -0.39 is 7.14 Å². The van der Waals surface area contributed by atoms with Crippen molar-refractivity contribution in [3.63, 3.8) is 0 Å². The van der Waals surface area contributed by atoms with Gasteiger partial charge in [0.1, 0.15) is 0 Å². The van der Waals surface area contributed by atoms with Crippen LogP contribution in [0.25, 0.3) is 11.1 Å². The lowest BCUT2D eigenvalue weighted by molar-refractivity contribution is 0.592. The van der Waals surface area contributed by atoms with Gasteiger partial charge in [-0.3, -0.25) is 0 Å². The average molecular weight is 370 g/mol. The Bertz CT molecular complexity index is 1030. The van der Waals surface area contributed by atoms with Gasteiger partial charge in [-0.25, -0.2) is 0 Å². The van der Waals surface area contributed by atoms with Crippen molar-refractivity contribution in [3.8, 4) is 11.1 Å². The molecule has 0 aromatic heterocycles. The summed E-state index contributed by atoms with van der Waals surface area (Å²) in [6.45, 7) is 6.39. The van der Waals surface area contributed by atoms with Crippen LogP contribution >= 0.6 is 7.14 Å². The maximum atomic E-state index is 14.6. The summed E-state index contributed by atoms with van der Waals surface area (Å²) in [4.78, 5) is 0. The second-order valence-electron chi connectivity index (χ2n) is 7.22. The molecule has 0 spiro atoms. The van der Waals surface area contributed by atoms with Crippen molar-refractivity contribution >= 4 is 23.1 Å².